The standard InChI is InChI=1S/C9H8Cl2O3S/c1-9(12)4-15(13,14)8-6(9)2-5(10)3-7(8)11/h2-3,12H,4H2,1H3. The number of benzene rings is 1. The topological polar surface area (TPSA) is 54.4 Å². The average molecular weight is 267 g/mol. The van der Waals surface area contributed by atoms with E-state index in [1.165, 1.54) is 19.1 Å². The van der Waals surface area contributed by atoms with Crippen molar-refractivity contribution in [3.63, 3.8) is 0 Å². The van der Waals surface area contributed by atoms with Crippen molar-refractivity contribution < 1.29 is 13.5 Å². The molecule has 0 radical (unpaired) electrons. The molecule has 3 nitrogen and oxygen atoms in total. The van der Waals surface area contributed by atoms with Gasteiger partial charge >= 0.3 is 0 Å². The van der Waals surface area contributed by atoms with Gasteiger partial charge in [0.25, 0.3) is 0 Å². The Morgan fingerprint density at radius 3 is 2.60 bits per heavy atom. The molecule has 82 valence electrons. The van der Waals surface area contributed by atoms with Crippen LogP contribution in [-0.4, -0.2) is 19.3 Å². The summed E-state index contributed by atoms with van der Waals surface area (Å²) in [5, 5.41) is 10.3. The van der Waals surface area contributed by atoms with Crippen molar-refractivity contribution in [2.45, 2.75) is 17.4 Å². The molecule has 0 spiro atoms. The zero-order valence-electron chi connectivity index (χ0n) is 7.79. The highest BCUT2D eigenvalue weighted by Gasteiger charge is 2.44. The van der Waals surface area contributed by atoms with Crippen molar-refractivity contribution in [3.8, 4) is 0 Å². The average Bonchev–Trinajstić information content (AvgIpc) is 2.15. The minimum Gasteiger partial charge on any atom is -0.384 e. The van der Waals surface area contributed by atoms with Gasteiger partial charge in [-0.2, -0.15) is 0 Å². The van der Waals surface area contributed by atoms with Crippen LogP contribution >= 0.6 is 23.2 Å². The summed E-state index contributed by atoms with van der Waals surface area (Å²) in [6, 6.07) is 2.80. The molecule has 6 heteroatoms. The molecule has 1 N–H and O–H groups in total. The fraction of sp³-hybridized carbons (Fsp3) is 0.333. The normalized spacial score (nSPS) is 27.7. The Morgan fingerprint density at radius 1 is 1.40 bits per heavy atom. The van der Waals surface area contributed by atoms with E-state index < -0.39 is 15.4 Å². The fourth-order valence-electron chi connectivity index (χ4n) is 1.80. The molecule has 1 aromatic rings. The van der Waals surface area contributed by atoms with E-state index in [9.17, 15) is 13.5 Å². The van der Waals surface area contributed by atoms with Crippen LogP contribution < -0.4 is 0 Å². The third-order valence-electron chi connectivity index (χ3n) is 2.37. The first-order valence-electron chi connectivity index (χ1n) is 4.19. The quantitative estimate of drug-likeness (QED) is 0.782. The van der Waals surface area contributed by atoms with Gasteiger partial charge in [0, 0.05) is 10.6 Å². The van der Waals surface area contributed by atoms with Crippen molar-refractivity contribution in [1.29, 1.82) is 0 Å². The number of hydrogen-bond acceptors (Lipinski definition) is 3. The first-order valence-corrected chi connectivity index (χ1v) is 6.59. The summed E-state index contributed by atoms with van der Waals surface area (Å²) in [7, 11) is -3.50. The van der Waals surface area contributed by atoms with Gasteiger partial charge in [-0.3, -0.25) is 0 Å². The number of rotatable bonds is 0. The van der Waals surface area contributed by atoms with Gasteiger partial charge in [0.05, 0.1) is 15.7 Å². The molecule has 0 aromatic heterocycles. The summed E-state index contributed by atoms with van der Waals surface area (Å²) in [6.07, 6.45) is 0. The highest BCUT2D eigenvalue weighted by atomic mass is 35.5. The second kappa shape index (κ2) is 3.10. The molecule has 1 heterocycles. The summed E-state index contributed by atoms with van der Waals surface area (Å²) in [5.74, 6) is -0.352. The second-order valence-corrected chi connectivity index (χ2v) is 6.57. The molecule has 15 heavy (non-hydrogen) atoms. The summed E-state index contributed by atoms with van der Waals surface area (Å²) in [6.45, 7) is 1.43. The number of fused-ring (bicyclic) bond motifs is 1. The molecule has 0 saturated carbocycles. The molecule has 0 aliphatic carbocycles. The zero-order valence-corrected chi connectivity index (χ0v) is 10.1. The minimum absolute atomic E-state index is 0.00133. The Hall–Kier alpha value is -0.290. The van der Waals surface area contributed by atoms with Crippen molar-refractivity contribution in [1.82, 2.24) is 0 Å². The largest absolute Gasteiger partial charge is 0.384 e. The predicted molar refractivity (Wildman–Crippen MR) is 58.1 cm³/mol. The number of halogens is 2. The monoisotopic (exact) mass is 266 g/mol. The second-order valence-electron chi connectivity index (χ2n) is 3.80. The van der Waals surface area contributed by atoms with Gasteiger partial charge in [-0.15, -0.1) is 0 Å². The van der Waals surface area contributed by atoms with E-state index in [2.05, 4.69) is 0 Å². The Bertz CT molecular complexity index is 535. The molecule has 1 aromatic carbocycles. The molecule has 0 amide bonds. The highest BCUT2D eigenvalue weighted by Crippen LogP contribution is 2.43. The first-order chi connectivity index (χ1) is 6.74. The fourth-order valence-corrected chi connectivity index (χ4v) is 4.65. The van der Waals surface area contributed by atoms with Crippen LogP contribution in [0.2, 0.25) is 10.0 Å². The van der Waals surface area contributed by atoms with Crippen LogP contribution in [-0.2, 0) is 15.4 Å². The Balaban J connectivity index is 2.88. The molecular weight excluding hydrogens is 259 g/mol. The van der Waals surface area contributed by atoms with Gasteiger partial charge in [0.2, 0.25) is 0 Å². The summed E-state index contributed by atoms with van der Waals surface area (Å²) in [5.41, 5.74) is -1.14. The van der Waals surface area contributed by atoms with E-state index >= 15 is 0 Å². The van der Waals surface area contributed by atoms with Gasteiger partial charge in [-0.25, -0.2) is 8.42 Å². The minimum atomic E-state index is -3.50. The maximum Gasteiger partial charge on any atom is 0.183 e. The number of aliphatic hydroxyl groups is 1. The number of hydrogen-bond donors (Lipinski definition) is 1. The molecular formula is C9H8Cl2O3S. The third-order valence-corrected chi connectivity index (χ3v) is 5.00. The van der Waals surface area contributed by atoms with Gasteiger partial charge in [0.1, 0.15) is 5.60 Å². The zero-order chi connectivity index (χ0) is 11.4. The lowest BCUT2D eigenvalue weighted by molar-refractivity contribution is 0.0842. The first kappa shape index (κ1) is 11.2. The summed E-state index contributed by atoms with van der Waals surface area (Å²) >= 11 is 11.6. The summed E-state index contributed by atoms with van der Waals surface area (Å²) < 4.78 is 23.4. The van der Waals surface area contributed by atoms with E-state index in [0.717, 1.165) is 0 Å². The highest BCUT2D eigenvalue weighted by molar-refractivity contribution is 7.92. The van der Waals surface area contributed by atoms with Crippen molar-refractivity contribution in [2.75, 3.05) is 5.75 Å². The lowest BCUT2D eigenvalue weighted by Crippen LogP contribution is -2.22. The van der Waals surface area contributed by atoms with Crippen molar-refractivity contribution >= 4 is 33.0 Å². The van der Waals surface area contributed by atoms with Crippen LogP contribution in [0.4, 0.5) is 0 Å². The maximum absolute atomic E-state index is 11.7. The van der Waals surface area contributed by atoms with E-state index in [1.807, 2.05) is 0 Å². The summed E-state index contributed by atoms with van der Waals surface area (Å²) in [4.78, 5) is -0.00133. The third kappa shape index (κ3) is 1.65. The SMILES string of the molecule is CC1(O)CS(=O)(=O)c2c(Cl)cc(Cl)cc21. The van der Waals surface area contributed by atoms with Crippen LogP contribution in [0.1, 0.15) is 12.5 Å². The molecule has 1 aliphatic heterocycles. The van der Waals surface area contributed by atoms with Crippen LogP contribution in [0.3, 0.4) is 0 Å². The molecule has 1 atom stereocenters. The van der Waals surface area contributed by atoms with Crippen LogP contribution in [0.25, 0.3) is 0 Å². The molecule has 0 saturated heterocycles. The Labute approximate surface area is 97.5 Å². The molecule has 1 unspecified atom stereocenters. The molecule has 2 rings (SSSR count). The van der Waals surface area contributed by atoms with Gasteiger partial charge in [-0.05, 0) is 19.1 Å². The van der Waals surface area contributed by atoms with Gasteiger partial charge < -0.3 is 5.11 Å². The van der Waals surface area contributed by atoms with E-state index in [1.54, 1.807) is 0 Å². The lowest BCUT2D eigenvalue weighted by Gasteiger charge is -2.15. The van der Waals surface area contributed by atoms with Crippen LogP contribution in [0.15, 0.2) is 17.0 Å². The smallest absolute Gasteiger partial charge is 0.183 e. The van der Waals surface area contributed by atoms with E-state index in [0.29, 0.717) is 5.02 Å². The van der Waals surface area contributed by atoms with Crippen molar-refractivity contribution in [3.05, 3.63) is 27.7 Å². The maximum atomic E-state index is 11.7. The molecule has 1 aliphatic rings. The van der Waals surface area contributed by atoms with Crippen LogP contribution in [0, 0.1) is 0 Å². The Kier molecular flexibility index (Phi) is 2.32. The van der Waals surface area contributed by atoms with E-state index in [-0.39, 0.29) is 21.2 Å². The molecule has 0 bridgehead atoms. The van der Waals surface area contributed by atoms with E-state index in [4.69, 9.17) is 23.2 Å². The molecule has 0 fully saturated rings. The number of sulfone groups is 1. The van der Waals surface area contributed by atoms with Crippen LogP contribution in [0.5, 0.6) is 0 Å². The Morgan fingerprint density at radius 2 is 2.00 bits per heavy atom. The van der Waals surface area contributed by atoms with Gasteiger partial charge in [0.15, 0.2) is 9.84 Å². The lowest BCUT2D eigenvalue weighted by atomic mass is 9.99. The van der Waals surface area contributed by atoms with Crippen molar-refractivity contribution in [2.24, 2.45) is 0 Å². The van der Waals surface area contributed by atoms with Gasteiger partial charge in [-0.1, -0.05) is 23.2 Å². The predicted octanol–water partition coefficient (Wildman–Crippen LogP) is 1.99.